The summed E-state index contributed by atoms with van der Waals surface area (Å²) < 4.78 is 0. The summed E-state index contributed by atoms with van der Waals surface area (Å²) in [7, 11) is 0. The second-order valence-corrected chi connectivity index (χ2v) is 5.35. The van der Waals surface area contributed by atoms with Gasteiger partial charge in [-0.15, -0.1) is 0 Å². The van der Waals surface area contributed by atoms with Gasteiger partial charge in [-0.05, 0) is 25.3 Å². The molecule has 110 valence electrons. The molecule has 0 heterocycles. The van der Waals surface area contributed by atoms with Crippen LogP contribution in [0.5, 0.6) is 0 Å². The average Bonchev–Trinajstić information content (AvgIpc) is 2.42. The SMILES string of the molecule is CC(C)CCNC(CCC(=O)O)C(=O)c1ccccc1. The van der Waals surface area contributed by atoms with Crippen LogP contribution < -0.4 is 5.32 Å². The number of rotatable bonds is 9. The van der Waals surface area contributed by atoms with Crippen molar-refractivity contribution in [1.82, 2.24) is 5.32 Å². The number of Topliss-reactive ketones (excluding diaryl/α,β-unsaturated/α-hetero) is 1. The van der Waals surface area contributed by atoms with Gasteiger partial charge in [0.25, 0.3) is 0 Å². The molecular weight excluding hydrogens is 254 g/mol. The number of nitrogens with one attached hydrogen (secondary N) is 1. The third kappa shape index (κ3) is 5.97. The van der Waals surface area contributed by atoms with E-state index in [4.69, 9.17) is 5.11 Å². The van der Waals surface area contributed by atoms with Crippen molar-refractivity contribution >= 4 is 11.8 Å². The minimum atomic E-state index is -0.874. The molecule has 0 fully saturated rings. The van der Waals surface area contributed by atoms with E-state index < -0.39 is 12.0 Å². The molecule has 0 saturated heterocycles. The highest BCUT2D eigenvalue weighted by atomic mass is 16.4. The van der Waals surface area contributed by atoms with E-state index in [1.165, 1.54) is 0 Å². The van der Waals surface area contributed by atoms with Gasteiger partial charge in [0.2, 0.25) is 0 Å². The number of aliphatic carboxylic acids is 1. The molecule has 0 aliphatic carbocycles. The standard InChI is InChI=1S/C16H23NO3/c1-12(2)10-11-17-14(8-9-15(18)19)16(20)13-6-4-3-5-7-13/h3-7,12,14,17H,8-11H2,1-2H3,(H,18,19). The van der Waals surface area contributed by atoms with Crippen LogP contribution in [-0.4, -0.2) is 29.4 Å². The lowest BCUT2D eigenvalue weighted by Crippen LogP contribution is -2.38. The van der Waals surface area contributed by atoms with E-state index in [9.17, 15) is 9.59 Å². The third-order valence-corrected chi connectivity index (χ3v) is 3.13. The average molecular weight is 277 g/mol. The Balaban J connectivity index is 2.65. The summed E-state index contributed by atoms with van der Waals surface area (Å²) in [5.74, 6) is -0.355. The zero-order valence-corrected chi connectivity index (χ0v) is 12.1. The predicted molar refractivity (Wildman–Crippen MR) is 78.9 cm³/mol. The lowest BCUT2D eigenvalue weighted by atomic mass is 9.99. The summed E-state index contributed by atoms with van der Waals surface area (Å²) in [5.41, 5.74) is 0.625. The first-order chi connectivity index (χ1) is 9.50. The van der Waals surface area contributed by atoms with Crippen molar-refractivity contribution in [2.75, 3.05) is 6.54 Å². The predicted octanol–water partition coefficient (Wildman–Crippen LogP) is 2.74. The number of carboxylic acid groups (broad SMARTS) is 1. The zero-order valence-electron chi connectivity index (χ0n) is 12.1. The van der Waals surface area contributed by atoms with E-state index >= 15 is 0 Å². The first-order valence-corrected chi connectivity index (χ1v) is 7.05. The molecule has 1 rings (SSSR count). The van der Waals surface area contributed by atoms with Gasteiger partial charge in [-0.3, -0.25) is 9.59 Å². The van der Waals surface area contributed by atoms with Crippen LogP contribution in [0.25, 0.3) is 0 Å². The maximum absolute atomic E-state index is 12.4. The van der Waals surface area contributed by atoms with Gasteiger partial charge in [-0.25, -0.2) is 0 Å². The van der Waals surface area contributed by atoms with Crippen LogP contribution in [-0.2, 0) is 4.79 Å². The largest absolute Gasteiger partial charge is 0.481 e. The fraction of sp³-hybridized carbons (Fsp3) is 0.500. The van der Waals surface area contributed by atoms with Crippen LogP contribution in [0.4, 0.5) is 0 Å². The molecule has 1 unspecified atom stereocenters. The summed E-state index contributed by atoms with van der Waals surface area (Å²) in [6.07, 6.45) is 1.28. The van der Waals surface area contributed by atoms with Crippen molar-refractivity contribution in [2.45, 2.75) is 39.2 Å². The van der Waals surface area contributed by atoms with Crippen molar-refractivity contribution in [3.8, 4) is 0 Å². The van der Waals surface area contributed by atoms with Gasteiger partial charge in [0.1, 0.15) is 0 Å². The van der Waals surface area contributed by atoms with Gasteiger partial charge in [-0.1, -0.05) is 44.2 Å². The highest BCUT2D eigenvalue weighted by Crippen LogP contribution is 2.09. The van der Waals surface area contributed by atoms with Gasteiger partial charge in [0.05, 0.1) is 6.04 Å². The molecule has 1 atom stereocenters. The summed E-state index contributed by atoms with van der Waals surface area (Å²) >= 11 is 0. The molecule has 0 amide bonds. The maximum atomic E-state index is 12.4. The number of hydrogen-bond acceptors (Lipinski definition) is 3. The van der Waals surface area contributed by atoms with Gasteiger partial charge in [0.15, 0.2) is 5.78 Å². The molecule has 0 bridgehead atoms. The fourth-order valence-corrected chi connectivity index (χ4v) is 1.94. The van der Waals surface area contributed by atoms with Gasteiger partial charge < -0.3 is 10.4 Å². The molecule has 0 aliphatic heterocycles. The van der Waals surface area contributed by atoms with Crippen molar-refractivity contribution in [1.29, 1.82) is 0 Å². The number of carboxylic acids is 1. The summed E-state index contributed by atoms with van der Waals surface area (Å²) in [4.78, 5) is 23.1. The smallest absolute Gasteiger partial charge is 0.303 e. The fourth-order valence-electron chi connectivity index (χ4n) is 1.94. The van der Waals surface area contributed by atoms with Gasteiger partial charge in [0, 0.05) is 12.0 Å². The maximum Gasteiger partial charge on any atom is 0.303 e. The highest BCUT2D eigenvalue weighted by molar-refractivity contribution is 6.00. The Morgan fingerprint density at radius 3 is 2.35 bits per heavy atom. The lowest BCUT2D eigenvalue weighted by Gasteiger charge is -2.17. The van der Waals surface area contributed by atoms with Gasteiger partial charge in [-0.2, -0.15) is 0 Å². The van der Waals surface area contributed by atoms with E-state index in [2.05, 4.69) is 19.2 Å². The molecule has 0 saturated carbocycles. The first-order valence-electron chi connectivity index (χ1n) is 7.05. The number of benzene rings is 1. The summed E-state index contributed by atoms with van der Waals surface area (Å²) in [6.45, 7) is 4.96. The van der Waals surface area contributed by atoms with E-state index in [1.807, 2.05) is 18.2 Å². The Bertz CT molecular complexity index is 429. The molecule has 4 nitrogen and oxygen atoms in total. The second-order valence-electron chi connectivity index (χ2n) is 5.35. The summed E-state index contributed by atoms with van der Waals surface area (Å²) in [5, 5.41) is 12.0. The van der Waals surface area contributed by atoms with Gasteiger partial charge >= 0.3 is 5.97 Å². The molecule has 0 aromatic heterocycles. The second kappa shape index (κ2) is 8.48. The van der Waals surface area contributed by atoms with Crippen LogP contribution >= 0.6 is 0 Å². The topological polar surface area (TPSA) is 66.4 Å². The Hall–Kier alpha value is -1.68. The molecular formula is C16H23NO3. The number of carbonyl (C=O) groups is 2. The van der Waals surface area contributed by atoms with Crippen LogP contribution in [0, 0.1) is 5.92 Å². The van der Waals surface area contributed by atoms with Crippen LogP contribution in [0.2, 0.25) is 0 Å². The Morgan fingerprint density at radius 2 is 1.80 bits per heavy atom. The number of ketones is 1. The van der Waals surface area contributed by atoms with Crippen molar-refractivity contribution in [3.05, 3.63) is 35.9 Å². The Kier molecular flexibility index (Phi) is 6.94. The van der Waals surface area contributed by atoms with Crippen LogP contribution in [0.3, 0.4) is 0 Å². The van der Waals surface area contributed by atoms with Crippen LogP contribution in [0.1, 0.15) is 43.5 Å². The molecule has 1 aromatic carbocycles. The first kappa shape index (κ1) is 16.4. The van der Waals surface area contributed by atoms with Crippen molar-refractivity contribution < 1.29 is 14.7 Å². The minimum absolute atomic E-state index is 0.00206. The number of carbonyl (C=O) groups excluding carboxylic acids is 1. The molecule has 0 spiro atoms. The third-order valence-electron chi connectivity index (χ3n) is 3.13. The highest BCUT2D eigenvalue weighted by Gasteiger charge is 2.20. The monoisotopic (exact) mass is 277 g/mol. The normalized spacial score (nSPS) is 12.3. The van der Waals surface area contributed by atoms with Crippen molar-refractivity contribution in [3.63, 3.8) is 0 Å². The molecule has 1 aromatic rings. The Labute approximate surface area is 120 Å². The quantitative estimate of drug-likeness (QED) is 0.681. The van der Waals surface area contributed by atoms with E-state index in [0.29, 0.717) is 17.9 Å². The van der Waals surface area contributed by atoms with E-state index in [-0.39, 0.29) is 12.2 Å². The molecule has 20 heavy (non-hydrogen) atoms. The zero-order chi connectivity index (χ0) is 15.0. The summed E-state index contributed by atoms with van der Waals surface area (Å²) in [6, 6.07) is 8.59. The molecule has 2 N–H and O–H groups in total. The minimum Gasteiger partial charge on any atom is -0.481 e. The number of hydrogen-bond donors (Lipinski definition) is 2. The van der Waals surface area contributed by atoms with E-state index in [1.54, 1.807) is 12.1 Å². The van der Waals surface area contributed by atoms with Crippen molar-refractivity contribution in [2.24, 2.45) is 5.92 Å². The Morgan fingerprint density at radius 1 is 1.15 bits per heavy atom. The van der Waals surface area contributed by atoms with E-state index in [0.717, 1.165) is 13.0 Å². The molecule has 4 heteroatoms. The van der Waals surface area contributed by atoms with Crippen LogP contribution in [0.15, 0.2) is 30.3 Å². The molecule has 0 radical (unpaired) electrons. The lowest BCUT2D eigenvalue weighted by molar-refractivity contribution is -0.137. The molecule has 0 aliphatic rings.